The molecule has 4 heteroatoms. The van der Waals surface area contributed by atoms with Crippen LogP contribution in [-0.4, -0.2) is 23.4 Å². The summed E-state index contributed by atoms with van der Waals surface area (Å²) in [6, 6.07) is 10.2. The Balaban J connectivity index is 2.45. The van der Waals surface area contributed by atoms with E-state index in [1.54, 1.807) is 30.3 Å². The lowest BCUT2D eigenvalue weighted by molar-refractivity contribution is 0.261. The summed E-state index contributed by atoms with van der Waals surface area (Å²) >= 11 is 0. The van der Waals surface area contributed by atoms with Crippen LogP contribution in [0.1, 0.15) is 39.5 Å². The van der Waals surface area contributed by atoms with Crippen LogP contribution in [0, 0.1) is 0 Å². The van der Waals surface area contributed by atoms with Crippen molar-refractivity contribution in [2.45, 2.75) is 39.5 Å². The van der Waals surface area contributed by atoms with E-state index in [4.69, 9.17) is 9.47 Å². The first kappa shape index (κ1) is 18.0. The first-order valence-electron chi connectivity index (χ1n) is 8.59. The monoisotopic (exact) mass is 330 g/mol. The molecule has 0 saturated heterocycles. The third kappa shape index (κ3) is 4.34. The van der Waals surface area contributed by atoms with Gasteiger partial charge in [-0.25, -0.2) is 0 Å². The molecule has 130 valence electrons. The third-order valence-electron chi connectivity index (χ3n) is 3.77. The fraction of sp³-hybridized carbons (Fsp3) is 0.400. The Morgan fingerprint density at radius 1 is 0.792 bits per heavy atom. The molecular formula is C20H26O4. The summed E-state index contributed by atoms with van der Waals surface area (Å²) in [5, 5.41) is 20.6. The Morgan fingerprint density at radius 2 is 1.46 bits per heavy atom. The van der Waals surface area contributed by atoms with Crippen molar-refractivity contribution in [1.29, 1.82) is 0 Å². The molecule has 0 aromatic heterocycles. The van der Waals surface area contributed by atoms with E-state index < -0.39 is 0 Å². The summed E-state index contributed by atoms with van der Waals surface area (Å²) in [4.78, 5) is 0. The Hall–Kier alpha value is -2.36. The van der Waals surface area contributed by atoms with Gasteiger partial charge in [0, 0.05) is 5.56 Å². The van der Waals surface area contributed by atoms with Crippen molar-refractivity contribution in [3.63, 3.8) is 0 Å². The average molecular weight is 330 g/mol. The maximum atomic E-state index is 10.4. The number of unbranched alkanes of at least 4 members (excludes halogenated alkanes) is 2. The van der Waals surface area contributed by atoms with E-state index >= 15 is 0 Å². The van der Waals surface area contributed by atoms with Crippen LogP contribution in [0.5, 0.6) is 23.0 Å². The highest BCUT2D eigenvalue weighted by atomic mass is 16.5. The van der Waals surface area contributed by atoms with Gasteiger partial charge >= 0.3 is 0 Å². The Morgan fingerprint density at radius 3 is 2.12 bits per heavy atom. The van der Waals surface area contributed by atoms with Crippen LogP contribution in [0.3, 0.4) is 0 Å². The molecule has 0 bridgehead atoms. The van der Waals surface area contributed by atoms with Gasteiger partial charge in [-0.2, -0.15) is 0 Å². The van der Waals surface area contributed by atoms with E-state index in [1.165, 1.54) is 0 Å². The van der Waals surface area contributed by atoms with Gasteiger partial charge < -0.3 is 19.7 Å². The Labute approximate surface area is 143 Å². The lowest BCUT2D eigenvalue weighted by Crippen LogP contribution is -2.04. The van der Waals surface area contributed by atoms with E-state index in [9.17, 15) is 10.2 Å². The van der Waals surface area contributed by atoms with Crippen LogP contribution in [0.4, 0.5) is 0 Å². The highest BCUT2D eigenvalue weighted by Gasteiger charge is 2.20. The molecule has 4 nitrogen and oxygen atoms in total. The first-order valence-corrected chi connectivity index (χ1v) is 8.59. The SMILES string of the molecule is CCCCOc1ccc(O)c(-c2ccccc2O)c1OCCCC. The second kappa shape index (κ2) is 9.06. The number of ether oxygens (including phenoxy) is 2. The minimum atomic E-state index is 0.0610. The predicted octanol–water partition coefficient (Wildman–Crippen LogP) is 5.12. The summed E-state index contributed by atoms with van der Waals surface area (Å²) in [5.41, 5.74) is 1.00. The molecule has 0 aliphatic carbocycles. The fourth-order valence-electron chi connectivity index (χ4n) is 2.40. The molecule has 0 spiro atoms. The van der Waals surface area contributed by atoms with Gasteiger partial charge in [-0.15, -0.1) is 0 Å². The van der Waals surface area contributed by atoms with Crippen LogP contribution in [-0.2, 0) is 0 Å². The normalized spacial score (nSPS) is 10.6. The zero-order chi connectivity index (χ0) is 17.4. The topological polar surface area (TPSA) is 58.9 Å². The number of benzene rings is 2. The minimum absolute atomic E-state index is 0.0610. The highest BCUT2D eigenvalue weighted by Crippen LogP contribution is 2.46. The molecule has 2 rings (SSSR count). The van der Waals surface area contributed by atoms with Crippen LogP contribution in [0.2, 0.25) is 0 Å². The lowest BCUT2D eigenvalue weighted by atomic mass is 10.0. The minimum Gasteiger partial charge on any atom is -0.507 e. The van der Waals surface area contributed by atoms with Crippen LogP contribution < -0.4 is 9.47 Å². The van der Waals surface area contributed by atoms with Crippen LogP contribution in [0.15, 0.2) is 36.4 Å². The molecule has 0 unspecified atom stereocenters. The molecule has 0 radical (unpaired) electrons. The van der Waals surface area contributed by atoms with Gasteiger partial charge in [0.25, 0.3) is 0 Å². The van der Waals surface area contributed by atoms with Crippen molar-refractivity contribution in [3.05, 3.63) is 36.4 Å². The molecule has 0 aliphatic rings. The fourth-order valence-corrected chi connectivity index (χ4v) is 2.40. The van der Waals surface area contributed by atoms with Crippen molar-refractivity contribution in [1.82, 2.24) is 0 Å². The Bertz CT molecular complexity index is 652. The second-order valence-corrected chi connectivity index (χ2v) is 5.71. The molecular weight excluding hydrogens is 304 g/mol. The molecule has 2 aromatic rings. The number of hydrogen-bond donors (Lipinski definition) is 2. The standard InChI is InChI=1S/C20H26O4/c1-3-5-13-23-18-12-11-17(22)19(20(18)24-14-6-4-2)15-9-7-8-10-16(15)21/h7-12,21-22H,3-6,13-14H2,1-2H3. The summed E-state index contributed by atoms with van der Waals surface area (Å²) in [6.45, 7) is 5.32. The van der Waals surface area contributed by atoms with E-state index in [1.807, 2.05) is 6.07 Å². The number of hydrogen-bond acceptors (Lipinski definition) is 4. The van der Waals surface area contributed by atoms with Crippen molar-refractivity contribution >= 4 is 0 Å². The first-order chi connectivity index (χ1) is 11.7. The lowest BCUT2D eigenvalue weighted by Gasteiger charge is -2.18. The summed E-state index contributed by atoms with van der Waals surface area (Å²) < 4.78 is 11.8. The molecule has 2 aromatic carbocycles. The average Bonchev–Trinajstić information content (AvgIpc) is 2.58. The molecule has 0 heterocycles. The Kier molecular flexibility index (Phi) is 6.79. The molecule has 0 aliphatic heterocycles. The molecule has 0 saturated carbocycles. The summed E-state index contributed by atoms with van der Waals surface area (Å²) in [5.74, 6) is 1.24. The van der Waals surface area contributed by atoms with Crippen LogP contribution in [0.25, 0.3) is 11.1 Å². The van der Waals surface area contributed by atoms with Gasteiger partial charge in [0.05, 0.1) is 18.8 Å². The van der Waals surface area contributed by atoms with Crippen LogP contribution >= 0.6 is 0 Å². The van der Waals surface area contributed by atoms with Gasteiger partial charge in [0.2, 0.25) is 0 Å². The second-order valence-electron chi connectivity index (χ2n) is 5.71. The van der Waals surface area contributed by atoms with Gasteiger partial charge in [0.1, 0.15) is 11.5 Å². The van der Waals surface area contributed by atoms with E-state index in [0.717, 1.165) is 25.7 Å². The zero-order valence-corrected chi connectivity index (χ0v) is 14.4. The van der Waals surface area contributed by atoms with Crippen molar-refractivity contribution in [3.8, 4) is 34.1 Å². The molecule has 24 heavy (non-hydrogen) atoms. The van der Waals surface area contributed by atoms with Gasteiger partial charge in [-0.05, 0) is 31.0 Å². The van der Waals surface area contributed by atoms with Crippen molar-refractivity contribution in [2.24, 2.45) is 0 Å². The number of rotatable bonds is 9. The molecule has 0 amide bonds. The maximum Gasteiger partial charge on any atom is 0.172 e. The van der Waals surface area contributed by atoms with Gasteiger partial charge in [0.15, 0.2) is 11.5 Å². The molecule has 0 atom stereocenters. The molecule has 0 fully saturated rings. The smallest absolute Gasteiger partial charge is 0.172 e. The zero-order valence-electron chi connectivity index (χ0n) is 14.4. The van der Waals surface area contributed by atoms with Crippen molar-refractivity contribution < 1.29 is 19.7 Å². The van der Waals surface area contributed by atoms with Gasteiger partial charge in [-0.1, -0.05) is 44.9 Å². The predicted molar refractivity (Wildman–Crippen MR) is 96.0 cm³/mol. The third-order valence-corrected chi connectivity index (χ3v) is 3.77. The summed E-state index contributed by atoms with van der Waals surface area (Å²) in [6.07, 6.45) is 3.90. The maximum absolute atomic E-state index is 10.4. The molecule has 2 N–H and O–H groups in total. The van der Waals surface area contributed by atoms with E-state index in [2.05, 4.69) is 13.8 Å². The van der Waals surface area contributed by atoms with Gasteiger partial charge in [-0.3, -0.25) is 0 Å². The highest BCUT2D eigenvalue weighted by molar-refractivity contribution is 5.83. The van der Waals surface area contributed by atoms with E-state index in [0.29, 0.717) is 35.8 Å². The largest absolute Gasteiger partial charge is 0.507 e. The quantitative estimate of drug-likeness (QED) is 0.626. The summed E-state index contributed by atoms with van der Waals surface area (Å²) in [7, 11) is 0. The number of aromatic hydroxyl groups is 2. The number of phenols is 2. The van der Waals surface area contributed by atoms with E-state index in [-0.39, 0.29) is 11.5 Å². The van der Waals surface area contributed by atoms with Crippen molar-refractivity contribution in [2.75, 3.05) is 13.2 Å². The number of phenolic OH excluding ortho intramolecular Hbond substituents is 2. The number of para-hydroxylation sites is 1.